The molecule has 2 unspecified atom stereocenters. The van der Waals surface area contributed by atoms with Gasteiger partial charge >= 0.3 is 0 Å². The van der Waals surface area contributed by atoms with Crippen molar-refractivity contribution in [2.24, 2.45) is 11.0 Å². The maximum Gasteiger partial charge on any atom is 0.166 e. The van der Waals surface area contributed by atoms with Gasteiger partial charge in [-0.15, -0.1) is 0 Å². The fourth-order valence-corrected chi connectivity index (χ4v) is 4.13. The number of rotatable bonds is 4. The molecule has 0 aliphatic carbocycles. The summed E-state index contributed by atoms with van der Waals surface area (Å²) in [7, 11) is 1.69. The van der Waals surface area contributed by atoms with Gasteiger partial charge < -0.3 is 14.9 Å². The van der Waals surface area contributed by atoms with Crippen LogP contribution in [0.25, 0.3) is 0 Å². The highest BCUT2D eigenvalue weighted by molar-refractivity contribution is 5.95. The number of hydrazone groups is 1. The van der Waals surface area contributed by atoms with Crippen molar-refractivity contribution in [3.8, 4) is 11.5 Å². The van der Waals surface area contributed by atoms with E-state index in [1.54, 1.807) is 7.11 Å². The number of benzene rings is 1. The number of methoxy groups -OCH3 is 1. The average molecular weight is 301 g/mol. The Morgan fingerprint density at radius 1 is 1.32 bits per heavy atom. The maximum absolute atomic E-state index is 5.90. The Balaban J connectivity index is 1.71. The lowest BCUT2D eigenvalue weighted by Crippen LogP contribution is -2.56. The molecule has 4 heterocycles. The van der Waals surface area contributed by atoms with Crippen molar-refractivity contribution >= 4 is 5.71 Å². The molecule has 4 aliphatic heterocycles. The highest BCUT2D eigenvalue weighted by Crippen LogP contribution is 2.43. The minimum atomic E-state index is 0.162. The number of nitrogens with zero attached hydrogens (tertiary/aromatic N) is 2. The zero-order valence-electron chi connectivity index (χ0n) is 13.2. The Morgan fingerprint density at radius 3 is 2.86 bits per heavy atom. The Morgan fingerprint density at radius 2 is 2.14 bits per heavy atom. The summed E-state index contributed by atoms with van der Waals surface area (Å²) in [5.41, 5.74) is 5.87. The third-order valence-electron chi connectivity index (χ3n) is 5.15. The highest BCUT2D eigenvalue weighted by atomic mass is 16.5. The van der Waals surface area contributed by atoms with Gasteiger partial charge in [0.1, 0.15) is 0 Å². The van der Waals surface area contributed by atoms with E-state index < -0.39 is 0 Å². The molecule has 0 radical (unpaired) electrons. The van der Waals surface area contributed by atoms with Crippen LogP contribution in [0.4, 0.5) is 0 Å². The molecule has 118 valence electrons. The summed E-state index contributed by atoms with van der Waals surface area (Å²) in [6.45, 7) is 5.00. The van der Waals surface area contributed by atoms with Crippen LogP contribution in [0.1, 0.15) is 31.4 Å². The van der Waals surface area contributed by atoms with Crippen molar-refractivity contribution in [1.82, 2.24) is 10.3 Å². The van der Waals surface area contributed by atoms with Gasteiger partial charge in [-0.1, -0.05) is 12.1 Å². The van der Waals surface area contributed by atoms with Gasteiger partial charge in [-0.3, -0.25) is 4.90 Å². The van der Waals surface area contributed by atoms with Crippen LogP contribution in [0.3, 0.4) is 0 Å². The third-order valence-corrected chi connectivity index (χ3v) is 5.15. The molecule has 0 aromatic heterocycles. The first-order valence-electron chi connectivity index (χ1n) is 8.20. The van der Waals surface area contributed by atoms with Gasteiger partial charge in [0, 0.05) is 11.5 Å². The molecule has 1 aromatic carbocycles. The summed E-state index contributed by atoms with van der Waals surface area (Å²) in [4.78, 5) is 2.57. The predicted molar refractivity (Wildman–Crippen MR) is 85.6 cm³/mol. The molecule has 5 heteroatoms. The molecule has 2 atom stereocenters. The monoisotopic (exact) mass is 301 g/mol. The van der Waals surface area contributed by atoms with E-state index in [1.165, 1.54) is 31.6 Å². The molecule has 4 aliphatic rings. The number of hydrogen-bond acceptors (Lipinski definition) is 5. The molecular weight excluding hydrogens is 278 g/mol. The smallest absolute Gasteiger partial charge is 0.166 e. The van der Waals surface area contributed by atoms with Gasteiger partial charge in [-0.2, -0.15) is 5.10 Å². The minimum absolute atomic E-state index is 0.162. The topological polar surface area (TPSA) is 46.1 Å². The summed E-state index contributed by atoms with van der Waals surface area (Å²) in [6.07, 6.45) is 2.50. The fraction of sp³-hybridized carbons (Fsp3) is 0.588. The summed E-state index contributed by atoms with van der Waals surface area (Å²) < 4.78 is 11.4. The van der Waals surface area contributed by atoms with Crippen molar-refractivity contribution in [1.29, 1.82) is 0 Å². The summed E-state index contributed by atoms with van der Waals surface area (Å²) in [5, 5.41) is 4.68. The lowest BCUT2D eigenvalue weighted by atomic mass is 9.78. The van der Waals surface area contributed by atoms with Gasteiger partial charge in [0.25, 0.3) is 0 Å². The minimum Gasteiger partial charge on any atom is -0.493 e. The zero-order chi connectivity index (χ0) is 15.1. The van der Waals surface area contributed by atoms with Gasteiger partial charge in [-0.25, -0.2) is 0 Å². The van der Waals surface area contributed by atoms with E-state index in [0.717, 1.165) is 17.1 Å². The summed E-state index contributed by atoms with van der Waals surface area (Å²) >= 11 is 0. The lowest BCUT2D eigenvalue weighted by molar-refractivity contribution is 0.132. The molecule has 1 aromatic rings. The van der Waals surface area contributed by atoms with Crippen LogP contribution in [0.15, 0.2) is 23.3 Å². The van der Waals surface area contributed by atoms with Crippen LogP contribution in [0.2, 0.25) is 0 Å². The first-order valence-corrected chi connectivity index (χ1v) is 8.20. The van der Waals surface area contributed by atoms with E-state index in [4.69, 9.17) is 9.47 Å². The van der Waals surface area contributed by atoms with Crippen molar-refractivity contribution in [2.75, 3.05) is 26.8 Å². The van der Waals surface area contributed by atoms with Gasteiger partial charge in [0.05, 0.1) is 31.5 Å². The number of fused-ring (bicyclic) bond motifs is 2. The molecule has 2 bridgehead atoms. The SMILES string of the molecule is CCOc1c(OC)cccc1C1NN=C2C3CCN(CC3)C21. The molecule has 0 amide bonds. The Labute approximate surface area is 131 Å². The first kappa shape index (κ1) is 13.9. The van der Waals surface area contributed by atoms with E-state index in [0.29, 0.717) is 18.6 Å². The summed E-state index contributed by atoms with van der Waals surface area (Å²) in [6, 6.07) is 6.66. The van der Waals surface area contributed by atoms with Crippen molar-refractivity contribution in [3.63, 3.8) is 0 Å². The number of hydrogen-bond donors (Lipinski definition) is 1. The van der Waals surface area contributed by atoms with Crippen LogP contribution in [-0.2, 0) is 0 Å². The second-order valence-corrected chi connectivity index (χ2v) is 6.21. The fourth-order valence-electron chi connectivity index (χ4n) is 4.13. The molecule has 3 fully saturated rings. The van der Waals surface area contributed by atoms with E-state index >= 15 is 0 Å². The van der Waals surface area contributed by atoms with Crippen LogP contribution in [-0.4, -0.2) is 43.5 Å². The van der Waals surface area contributed by atoms with Crippen LogP contribution >= 0.6 is 0 Å². The average Bonchev–Trinajstić information content (AvgIpc) is 3.03. The molecule has 22 heavy (non-hydrogen) atoms. The van der Waals surface area contributed by atoms with E-state index in [-0.39, 0.29) is 6.04 Å². The predicted octanol–water partition coefficient (Wildman–Crippen LogP) is 2.19. The maximum atomic E-state index is 5.90. The van der Waals surface area contributed by atoms with Gasteiger partial charge in [0.15, 0.2) is 11.5 Å². The molecule has 5 nitrogen and oxygen atoms in total. The largest absolute Gasteiger partial charge is 0.493 e. The molecule has 1 N–H and O–H groups in total. The number of nitrogens with one attached hydrogen (secondary N) is 1. The van der Waals surface area contributed by atoms with Crippen molar-refractivity contribution in [2.45, 2.75) is 31.8 Å². The second kappa shape index (κ2) is 5.47. The van der Waals surface area contributed by atoms with E-state index in [2.05, 4.69) is 21.5 Å². The van der Waals surface area contributed by atoms with Crippen molar-refractivity contribution < 1.29 is 9.47 Å². The number of ether oxygens (including phenoxy) is 2. The highest BCUT2D eigenvalue weighted by Gasteiger charge is 2.47. The molecule has 0 saturated carbocycles. The van der Waals surface area contributed by atoms with Crippen LogP contribution in [0, 0.1) is 5.92 Å². The Kier molecular flexibility index (Phi) is 3.45. The third kappa shape index (κ3) is 1.99. The van der Waals surface area contributed by atoms with Crippen LogP contribution < -0.4 is 14.9 Å². The first-order chi connectivity index (χ1) is 10.8. The second-order valence-electron chi connectivity index (χ2n) is 6.21. The Bertz CT molecular complexity index is 594. The Hall–Kier alpha value is -1.75. The van der Waals surface area contributed by atoms with E-state index in [1.807, 2.05) is 19.1 Å². The van der Waals surface area contributed by atoms with Crippen LogP contribution in [0.5, 0.6) is 11.5 Å². The molecular formula is C17H23N3O2. The molecule has 3 saturated heterocycles. The zero-order valence-corrected chi connectivity index (χ0v) is 13.2. The molecule has 0 spiro atoms. The number of piperidine rings is 3. The quantitative estimate of drug-likeness (QED) is 0.926. The van der Waals surface area contributed by atoms with Gasteiger partial charge in [-0.05, 0) is 38.9 Å². The number of para-hydroxylation sites is 1. The summed E-state index contributed by atoms with van der Waals surface area (Å²) in [5.74, 6) is 2.31. The normalized spacial score (nSPS) is 32.2. The molecule has 5 rings (SSSR count). The van der Waals surface area contributed by atoms with Gasteiger partial charge in [0.2, 0.25) is 0 Å². The lowest BCUT2D eigenvalue weighted by Gasteiger charge is -2.45. The van der Waals surface area contributed by atoms with E-state index in [9.17, 15) is 0 Å². The standard InChI is InChI=1S/C17H23N3O2/c1-3-22-17-12(5-4-6-13(17)21-2)15-16-14(18-19-15)11-7-9-20(16)10-8-11/h4-6,11,15-16,19H,3,7-10H2,1-2H3. The van der Waals surface area contributed by atoms with Crippen molar-refractivity contribution in [3.05, 3.63) is 23.8 Å².